The summed E-state index contributed by atoms with van der Waals surface area (Å²) < 4.78 is 0. The number of benzene rings is 1. The summed E-state index contributed by atoms with van der Waals surface area (Å²) in [6.07, 6.45) is 3.31. The van der Waals surface area contributed by atoms with Gasteiger partial charge in [-0.2, -0.15) is 0 Å². The summed E-state index contributed by atoms with van der Waals surface area (Å²) in [6, 6.07) is 9.59. The molecular formula is C14H17NO2. The predicted molar refractivity (Wildman–Crippen MR) is 64.3 cm³/mol. The molecule has 0 spiro atoms. The SMILES string of the molecule is O=C1C[C@@](O)(c2ccccc2)[C@@H]2CCCCN12. The maximum absolute atomic E-state index is 12.0. The van der Waals surface area contributed by atoms with Crippen LogP contribution in [0.1, 0.15) is 31.2 Å². The maximum atomic E-state index is 12.0. The zero-order valence-electron chi connectivity index (χ0n) is 9.80. The lowest BCUT2D eigenvalue weighted by Gasteiger charge is -2.37. The van der Waals surface area contributed by atoms with E-state index < -0.39 is 5.60 Å². The first-order valence-corrected chi connectivity index (χ1v) is 6.29. The van der Waals surface area contributed by atoms with Crippen molar-refractivity contribution < 1.29 is 9.90 Å². The molecule has 3 nitrogen and oxygen atoms in total. The summed E-state index contributed by atoms with van der Waals surface area (Å²) in [5.41, 5.74) is -0.0959. The fourth-order valence-corrected chi connectivity index (χ4v) is 3.20. The van der Waals surface area contributed by atoms with E-state index >= 15 is 0 Å². The largest absolute Gasteiger partial charge is 0.382 e. The monoisotopic (exact) mass is 231 g/mol. The van der Waals surface area contributed by atoms with Crippen LogP contribution in [-0.4, -0.2) is 28.5 Å². The lowest BCUT2D eigenvalue weighted by molar-refractivity contribution is -0.129. The Morgan fingerprint density at radius 2 is 2.00 bits per heavy atom. The van der Waals surface area contributed by atoms with Crippen LogP contribution in [0.15, 0.2) is 30.3 Å². The number of rotatable bonds is 1. The fourth-order valence-electron chi connectivity index (χ4n) is 3.20. The Labute approximate surface area is 101 Å². The zero-order chi connectivity index (χ0) is 11.9. The average Bonchev–Trinajstić information content (AvgIpc) is 2.65. The molecule has 1 aromatic carbocycles. The molecule has 2 aliphatic rings. The third-order valence-electron chi connectivity index (χ3n) is 4.07. The van der Waals surface area contributed by atoms with Gasteiger partial charge in [0.15, 0.2) is 0 Å². The van der Waals surface area contributed by atoms with Crippen LogP contribution in [0.5, 0.6) is 0 Å². The second-order valence-electron chi connectivity index (χ2n) is 5.07. The molecule has 2 saturated heterocycles. The smallest absolute Gasteiger partial charge is 0.226 e. The van der Waals surface area contributed by atoms with E-state index in [0.29, 0.717) is 0 Å². The van der Waals surface area contributed by atoms with Gasteiger partial charge in [0, 0.05) is 6.54 Å². The van der Waals surface area contributed by atoms with Crippen molar-refractivity contribution in [1.82, 2.24) is 4.90 Å². The average molecular weight is 231 g/mol. The number of hydrogen-bond donors (Lipinski definition) is 1. The fraction of sp³-hybridized carbons (Fsp3) is 0.500. The molecule has 2 heterocycles. The van der Waals surface area contributed by atoms with Crippen LogP contribution in [0.4, 0.5) is 0 Å². The Hall–Kier alpha value is -1.35. The molecule has 2 atom stereocenters. The highest BCUT2D eigenvalue weighted by atomic mass is 16.3. The van der Waals surface area contributed by atoms with Gasteiger partial charge in [-0.1, -0.05) is 30.3 Å². The molecule has 2 fully saturated rings. The molecule has 0 bridgehead atoms. The summed E-state index contributed by atoms with van der Waals surface area (Å²) in [5.74, 6) is 0.0982. The minimum Gasteiger partial charge on any atom is -0.382 e. The molecule has 0 radical (unpaired) electrons. The Kier molecular flexibility index (Phi) is 2.44. The van der Waals surface area contributed by atoms with Crippen molar-refractivity contribution in [2.75, 3.05) is 6.54 Å². The van der Waals surface area contributed by atoms with Crippen LogP contribution in [0.3, 0.4) is 0 Å². The van der Waals surface area contributed by atoms with E-state index in [1.54, 1.807) is 0 Å². The summed E-state index contributed by atoms with van der Waals surface area (Å²) in [5, 5.41) is 10.9. The Balaban J connectivity index is 2.00. The molecule has 2 aliphatic heterocycles. The van der Waals surface area contributed by atoms with Crippen molar-refractivity contribution in [1.29, 1.82) is 0 Å². The quantitative estimate of drug-likeness (QED) is 0.798. The van der Waals surface area contributed by atoms with E-state index in [1.807, 2.05) is 35.2 Å². The van der Waals surface area contributed by atoms with E-state index in [1.165, 1.54) is 0 Å². The molecule has 0 unspecified atom stereocenters. The standard InChI is InChI=1S/C14H17NO2/c16-13-10-14(17,11-6-2-1-3-7-11)12-8-4-5-9-15(12)13/h1-3,6-7,12,17H,4-5,8-10H2/t12-,14+/m0/s1. The Morgan fingerprint density at radius 1 is 1.24 bits per heavy atom. The molecule has 90 valence electrons. The molecule has 1 N–H and O–H groups in total. The van der Waals surface area contributed by atoms with Gasteiger partial charge in [-0.15, -0.1) is 0 Å². The third kappa shape index (κ3) is 1.57. The van der Waals surface area contributed by atoms with Crippen LogP contribution >= 0.6 is 0 Å². The van der Waals surface area contributed by atoms with E-state index in [4.69, 9.17) is 0 Å². The first-order chi connectivity index (χ1) is 8.22. The van der Waals surface area contributed by atoms with Gasteiger partial charge >= 0.3 is 0 Å². The predicted octanol–water partition coefficient (Wildman–Crippen LogP) is 1.66. The van der Waals surface area contributed by atoms with Crippen LogP contribution in [0, 0.1) is 0 Å². The Morgan fingerprint density at radius 3 is 2.76 bits per heavy atom. The van der Waals surface area contributed by atoms with Crippen molar-refractivity contribution >= 4 is 5.91 Å². The van der Waals surface area contributed by atoms with Crippen molar-refractivity contribution in [2.45, 2.75) is 37.3 Å². The first-order valence-electron chi connectivity index (χ1n) is 6.29. The third-order valence-corrected chi connectivity index (χ3v) is 4.07. The van der Waals surface area contributed by atoms with Gasteiger partial charge < -0.3 is 10.0 Å². The van der Waals surface area contributed by atoms with Gasteiger partial charge in [0.2, 0.25) is 5.91 Å². The van der Waals surface area contributed by atoms with Crippen LogP contribution in [0.2, 0.25) is 0 Å². The summed E-state index contributed by atoms with van der Waals surface area (Å²) >= 11 is 0. The molecule has 3 heteroatoms. The number of carbonyl (C=O) groups is 1. The summed E-state index contributed by atoms with van der Waals surface area (Å²) in [6.45, 7) is 0.804. The van der Waals surface area contributed by atoms with E-state index in [2.05, 4.69) is 0 Å². The number of nitrogens with zero attached hydrogens (tertiary/aromatic N) is 1. The molecule has 1 amide bonds. The van der Waals surface area contributed by atoms with E-state index in [9.17, 15) is 9.90 Å². The van der Waals surface area contributed by atoms with Crippen molar-refractivity contribution in [3.63, 3.8) is 0 Å². The Bertz CT molecular complexity index is 431. The van der Waals surface area contributed by atoms with Gasteiger partial charge in [-0.05, 0) is 24.8 Å². The number of aliphatic hydroxyl groups is 1. The van der Waals surface area contributed by atoms with Crippen molar-refractivity contribution in [2.24, 2.45) is 0 Å². The molecule has 17 heavy (non-hydrogen) atoms. The van der Waals surface area contributed by atoms with Crippen LogP contribution in [0.25, 0.3) is 0 Å². The second kappa shape index (κ2) is 3.84. The van der Waals surface area contributed by atoms with Gasteiger partial charge in [0.05, 0.1) is 12.5 Å². The minimum absolute atomic E-state index is 0.0221. The highest BCUT2D eigenvalue weighted by Gasteiger charge is 2.51. The molecule has 0 aromatic heterocycles. The van der Waals surface area contributed by atoms with Crippen LogP contribution < -0.4 is 0 Å². The van der Waals surface area contributed by atoms with Crippen LogP contribution in [-0.2, 0) is 10.4 Å². The van der Waals surface area contributed by atoms with Gasteiger partial charge in [-0.3, -0.25) is 4.79 Å². The summed E-state index contributed by atoms with van der Waals surface area (Å²) in [7, 11) is 0. The molecule has 0 aliphatic carbocycles. The lowest BCUT2D eigenvalue weighted by atomic mass is 9.83. The molecule has 0 saturated carbocycles. The van der Waals surface area contributed by atoms with Crippen molar-refractivity contribution in [3.05, 3.63) is 35.9 Å². The maximum Gasteiger partial charge on any atom is 0.226 e. The normalized spacial score (nSPS) is 32.6. The first kappa shape index (κ1) is 10.8. The molecule has 3 rings (SSSR count). The van der Waals surface area contributed by atoms with Gasteiger partial charge in [-0.25, -0.2) is 0 Å². The number of fused-ring (bicyclic) bond motifs is 1. The van der Waals surface area contributed by atoms with E-state index in [-0.39, 0.29) is 18.4 Å². The second-order valence-corrected chi connectivity index (χ2v) is 5.07. The lowest BCUT2D eigenvalue weighted by Crippen LogP contribution is -2.45. The summed E-state index contributed by atoms with van der Waals surface area (Å²) in [4.78, 5) is 13.8. The number of carbonyl (C=O) groups excluding carboxylic acids is 1. The molecule has 1 aromatic rings. The highest BCUT2D eigenvalue weighted by molar-refractivity contribution is 5.81. The van der Waals surface area contributed by atoms with Gasteiger partial charge in [0.25, 0.3) is 0 Å². The van der Waals surface area contributed by atoms with E-state index in [0.717, 1.165) is 31.4 Å². The zero-order valence-corrected chi connectivity index (χ0v) is 9.80. The number of amides is 1. The number of hydrogen-bond acceptors (Lipinski definition) is 2. The van der Waals surface area contributed by atoms with Gasteiger partial charge in [0.1, 0.15) is 5.60 Å². The minimum atomic E-state index is -0.973. The number of piperidine rings is 1. The molecular weight excluding hydrogens is 214 g/mol. The topological polar surface area (TPSA) is 40.5 Å². The highest BCUT2D eigenvalue weighted by Crippen LogP contribution is 2.42. The van der Waals surface area contributed by atoms with Crippen molar-refractivity contribution in [3.8, 4) is 0 Å².